The third-order valence-electron chi connectivity index (χ3n) is 2.99. The summed E-state index contributed by atoms with van der Waals surface area (Å²) in [6, 6.07) is 13.4. The first kappa shape index (κ1) is 15.2. The molecule has 0 aliphatic heterocycles. The van der Waals surface area contributed by atoms with Crippen LogP contribution in [0.5, 0.6) is 5.75 Å². The monoisotopic (exact) mass is 292 g/mol. The van der Waals surface area contributed by atoms with E-state index in [1.54, 1.807) is 6.07 Å². The van der Waals surface area contributed by atoms with Crippen LogP contribution in [-0.4, -0.2) is 7.11 Å². The minimum Gasteiger partial charge on any atom is -0.497 e. The SMILES string of the molecule is COc1cc(C/C=C/c2ccccc2)cc(C(F)(F)F)c1. The molecule has 0 spiro atoms. The maximum atomic E-state index is 12.8. The van der Waals surface area contributed by atoms with Crippen LogP contribution in [0.25, 0.3) is 6.08 Å². The summed E-state index contributed by atoms with van der Waals surface area (Å²) in [4.78, 5) is 0. The molecule has 0 aliphatic rings. The zero-order valence-electron chi connectivity index (χ0n) is 11.5. The van der Waals surface area contributed by atoms with Crippen LogP contribution in [0.15, 0.2) is 54.6 Å². The lowest BCUT2D eigenvalue weighted by Crippen LogP contribution is -2.06. The summed E-state index contributed by atoms with van der Waals surface area (Å²) >= 11 is 0. The van der Waals surface area contributed by atoms with E-state index in [0.717, 1.165) is 17.7 Å². The highest BCUT2D eigenvalue weighted by Crippen LogP contribution is 2.32. The quantitative estimate of drug-likeness (QED) is 0.773. The van der Waals surface area contributed by atoms with Crippen LogP contribution in [0.2, 0.25) is 0 Å². The summed E-state index contributed by atoms with van der Waals surface area (Å²) in [5, 5.41) is 0. The van der Waals surface area contributed by atoms with Gasteiger partial charge in [-0.05, 0) is 35.7 Å². The van der Waals surface area contributed by atoms with Gasteiger partial charge in [0, 0.05) is 0 Å². The number of hydrogen-bond donors (Lipinski definition) is 0. The predicted octanol–water partition coefficient (Wildman–Crippen LogP) is 4.97. The summed E-state index contributed by atoms with van der Waals surface area (Å²) in [6.07, 6.45) is -0.237. The molecule has 0 N–H and O–H groups in total. The Kier molecular flexibility index (Phi) is 4.68. The fourth-order valence-corrected chi connectivity index (χ4v) is 1.96. The molecule has 0 heterocycles. The lowest BCUT2D eigenvalue weighted by Gasteiger charge is -2.10. The van der Waals surface area contributed by atoms with Crippen LogP contribution in [-0.2, 0) is 12.6 Å². The van der Waals surface area contributed by atoms with E-state index in [1.165, 1.54) is 7.11 Å². The van der Waals surface area contributed by atoms with Gasteiger partial charge in [0.25, 0.3) is 0 Å². The van der Waals surface area contributed by atoms with E-state index in [-0.39, 0.29) is 5.75 Å². The highest BCUT2D eigenvalue weighted by Gasteiger charge is 2.31. The second-order valence-corrected chi connectivity index (χ2v) is 4.58. The first-order valence-corrected chi connectivity index (χ1v) is 6.46. The molecule has 2 aromatic carbocycles. The lowest BCUT2D eigenvalue weighted by molar-refractivity contribution is -0.137. The maximum Gasteiger partial charge on any atom is 0.416 e. The van der Waals surface area contributed by atoms with Crippen molar-refractivity contribution in [1.29, 1.82) is 0 Å². The minimum absolute atomic E-state index is 0.216. The molecule has 2 aromatic rings. The van der Waals surface area contributed by atoms with Crippen LogP contribution in [0.4, 0.5) is 13.2 Å². The number of halogens is 3. The van der Waals surface area contributed by atoms with E-state index < -0.39 is 11.7 Å². The zero-order valence-corrected chi connectivity index (χ0v) is 11.5. The Morgan fingerprint density at radius 2 is 1.76 bits per heavy atom. The summed E-state index contributed by atoms with van der Waals surface area (Å²) in [6.45, 7) is 0. The first-order chi connectivity index (χ1) is 9.99. The van der Waals surface area contributed by atoms with E-state index in [1.807, 2.05) is 42.5 Å². The van der Waals surface area contributed by atoms with Gasteiger partial charge in [-0.1, -0.05) is 42.5 Å². The molecule has 0 saturated carbocycles. The standard InChI is InChI=1S/C17H15F3O/c1-21-16-11-14(10-15(12-16)17(18,19)20)9-5-8-13-6-3-2-4-7-13/h2-8,10-12H,9H2,1H3/b8-5+. The van der Waals surface area contributed by atoms with Gasteiger partial charge in [0.1, 0.15) is 5.75 Å². The van der Waals surface area contributed by atoms with Crippen molar-refractivity contribution in [3.8, 4) is 5.75 Å². The molecule has 0 unspecified atom stereocenters. The van der Waals surface area contributed by atoms with Crippen LogP contribution in [0.3, 0.4) is 0 Å². The number of rotatable bonds is 4. The maximum absolute atomic E-state index is 12.8. The average Bonchev–Trinajstić information content (AvgIpc) is 2.47. The van der Waals surface area contributed by atoms with E-state index in [4.69, 9.17) is 4.74 Å². The molecular formula is C17H15F3O. The Hall–Kier alpha value is -2.23. The summed E-state index contributed by atoms with van der Waals surface area (Å²) in [5.41, 5.74) is 0.884. The van der Waals surface area contributed by atoms with Crippen molar-refractivity contribution in [3.63, 3.8) is 0 Å². The Balaban J connectivity index is 2.18. The molecule has 1 nitrogen and oxygen atoms in total. The predicted molar refractivity (Wildman–Crippen MR) is 77.2 cm³/mol. The van der Waals surface area contributed by atoms with Gasteiger partial charge in [-0.15, -0.1) is 0 Å². The largest absolute Gasteiger partial charge is 0.497 e. The topological polar surface area (TPSA) is 9.23 Å². The molecule has 0 atom stereocenters. The van der Waals surface area contributed by atoms with Crippen molar-refractivity contribution in [1.82, 2.24) is 0 Å². The molecule has 110 valence electrons. The second kappa shape index (κ2) is 6.48. The molecule has 0 radical (unpaired) electrons. The van der Waals surface area contributed by atoms with Crippen LogP contribution >= 0.6 is 0 Å². The van der Waals surface area contributed by atoms with Crippen LogP contribution < -0.4 is 4.74 Å². The van der Waals surface area contributed by atoms with Crippen LogP contribution in [0.1, 0.15) is 16.7 Å². The van der Waals surface area contributed by atoms with E-state index in [9.17, 15) is 13.2 Å². The molecule has 0 aromatic heterocycles. The summed E-state index contributed by atoms with van der Waals surface area (Å²) < 4.78 is 43.3. The molecule has 0 aliphatic carbocycles. The molecule has 0 saturated heterocycles. The highest BCUT2D eigenvalue weighted by atomic mass is 19.4. The van der Waals surface area contributed by atoms with Gasteiger partial charge in [-0.25, -0.2) is 0 Å². The summed E-state index contributed by atoms with van der Waals surface area (Å²) in [7, 11) is 1.36. The van der Waals surface area contributed by atoms with Gasteiger partial charge >= 0.3 is 6.18 Å². The Morgan fingerprint density at radius 1 is 1.05 bits per heavy atom. The molecule has 21 heavy (non-hydrogen) atoms. The third kappa shape index (κ3) is 4.38. The molecule has 4 heteroatoms. The normalized spacial score (nSPS) is 11.8. The van der Waals surface area contributed by atoms with Crippen LogP contribution in [0, 0.1) is 0 Å². The van der Waals surface area contributed by atoms with Crippen molar-refractivity contribution in [2.24, 2.45) is 0 Å². The molecule has 0 fully saturated rings. The number of benzene rings is 2. The average molecular weight is 292 g/mol. The van der Waals surface area contributed by atoms with Gasteiger partial charge in [-0.3, -0.25) is 0 Å². The number of hydrogen-bond acceptors (Lipinski definition) is 1. The van der Waals surface area contributed by atoms with Gasteiger partial charge in [-0.2, -0.15) is 13.2 Å². The lowest BCUT2D eigenvalue weighted by atomic mass is 10.1. The fraction of sp³-hybridized carbons (Fsp3) is 0.176. The van der Waals surface area contributed by atoms with Crippen molar-refractivity contribution >= 4 is 6.08 Å². The minimum atomic E-state index is -4.37. The van der Waals surface area contributed by atoms with E-state index in [0.29, 0.717) is 12.0 Å². The third-order valence-corrected chi connectivity index (χ3v) is 2.99. The second-order valence-electron chi connectivity index (χ2n) is 4.58. The van der Waals surface area contributed by atoms with Crippen molar-refractivity contribution < 1.29 is 17.9 Å². The number of ether oxygens (including phenoxy) is 1. The van der Waals surface area contributed by atoms with Gasteiger partial charge in [0.05, 0.1) is 12.7 Å². The molecule has 2 rings (SSSR count). The van der Waals surface area contributed by atoms with Gasteiger partial charge in [0.15, 0.2) is 0 Å². The van der Waals surface area contributed by atoms with E-state index >= 15 is 0 Å². The fourth-order valence-electron chi connectivity index (χ4n) is 1.96. The molecule has 0 amide bonds. The number of methoxy groups -OCH3 is 1. The smallest absolute Gasteiger partial charge is 0.416 e. The van der Waals surface area contributed by atoms with Crippen molar-refractivity contribution in [3.05, 3.63) is 71.3 Å². The Labute approximate surface area is 121 Å². The Bertz CT molecular complexity index is 616. The van der Waals surface area contributed by atoms with Gasteiger partial charge < -0.3 is 4.74 Å². The number of alkyl halides is 3. The van der Waals surface area contributed by atoms with Crippen molar-refractivity contribution in [2.45, 2.75) is 12.6 Å². The summed E-state index contributed by atoms with van der Waals surface area (Å²) in [5.74, 6) is 0.216. The number of allylic oxidation sites excluding steroid dienone is 1. The molecular weight excluding hydrogens is 277 g/mol. The van der Waals surface area contributed by atoms with E-state index in [2.05, 4.69) is 0 Å². The first-order valence-electron chi connectivity index (χ1n) is 6.46. The van der Waals surface area contributed by atoms with Gasteiger partial charge in [0.2, 0.25) is 0 Å². The molecule has 0 bridgehead atoms. The Morgan fingerprint density at radius 3 is 2.38 bits per heavy atom. The highest BCUT2D eigenvalue weighted by molar-refractivity contribution is 5.49. The zero-order chi connectivity index (χ0) is 15.3. The van der Waals surface area contributed by atoms with Crippen molar-refractivity contribution in [2.75, 3.05) is 7.11 Å².